The molecule has 5 nitrogen and oxygen atoms in total. The zero-order valence-corrected chi connectivity index (χ0v) is 15.0. The summed E-state index contributed by atoms with van der Waals surface area (Å²) in [6.07, 6.45) is 4.57. The van der Waals surface area contributed by atoms with Crippen LogP contribution in [0.1, 0.15) is 30.6 Å². The second kappa shape index (κ2) is 7.02. The molecule has 1 aromatic heterocycles. The van der Waals surface area contributed by atoms with Crippen molar-refractivity contribution >= 4 is 17.4 Å². The van der Waals surface area contributed by atoms with Gasteiger partial charge < -0.3 is 15.0 Å². The van der Waals surface area contributed by atoms with E-state index in [9.17, 15) is 4.79 Å². The molecule has 0 unspecified atom stereocenters. The van der Waals surface area contributed by atoms with Crippen LogP contribution in [0.4, 0.5) is 4.79 Å². The third-order valence-corrected chi connectivity index (χ3v) is 6.41. The van der Waals surface area contributed by atoms with Gasteiger partial charge in [-0.3, -0.25) is 4.90 Å². The Bertz CT molecular complexity index is 541. The minimum atomic E-state index is 0.0900. The van der Waals surface area contributed by atoms with Gasteiger partial charge in [0.05, 0.1) is 12.2 Å². The number of carbonyl (C=O) groups is 1. The second-order valence-electron chi connectivity index (χ2n) is 7.50. The Kier molecular flexibility index (Phi) is 4.79. The molecule has 3 aliphatic rings. The fourth-order valence-corrected chi connectivity index (χ4v) is 4.84. The molecular formula is C18H27N3O2S. The van der Waals surface area contributed by atoms with E-state index in [2.05, 4.69) is 27.7 Å². The molecule has 4 rings (SSSR count). The minimum Gasteiger partial charge on any atom is -0.372 e. The first-order valence-corrected chi connectivity index (χ1v) is 10.0. The molecule has 3 aliphatic heterocycles. The number of hydrogen-bond donors (Lipinski definition) is 1. The van der Waals surface area contributed by atoms with Crippen LogP contribution in [0.3, 0.4) is 0 Å². The molecule has 1 N–H and O–H groups in total. The van der Waals surface area contributed by atoms with Crippen molar-refractivity contribution in [3.8, 4) is 0 Å². The maximum atomic E-state index is 12.0. The first-order chi connectivity index (χ1) is 11.7. The van der Waals surface area contributed by atoms with Gasteiger partial charge in [0.1, 0.15) is 0 Å². The predicted molar refractivity (Wildman–Crippen MR) is 95.2 cm³/mol. The average Bonchev–Trinajstić information content (AvgIpc) is 3.26. The van der Waals surface area contributed by atoms with E-state index in [-0.39, 0.29) is 11.6 Å². The number of likely N-dealkylation sites (tertiary alicyclic amines) is 2. The number of ether oxygens (including phenoxy) is 1. The number of urea groups is 1. The summed E-state index contributed by atoms with van der Waals surface area (Å²) in [6.45, 7) is 6.53. The molecule has 0 aliphatic carbocycles. The molecule has 0 radical (unpaired) electrons. The van der Waals surface area contributed by atoms with Gasteiger partial charge in [0.15, 0.2) is 0 Å². The fourth-order valence-electron chi connectivity index (χ4n) is 4.09. The fraction of sp³-hybridized carbons (Fsp3) is 0.722. The molecule has 24 heavy (non-hydrogen) atoms. The lowest BCUT2D eigenvalue weighted by atomic mass is 9.83. The van der Waals surface area contributed by atoms with Crippen LogP contribution >= 0.6 is 11.3 Å². The molecule has 0 saturated carbocycles. The van der Waals surface area contributed by atoms with Crippen molar-refractivity contribution in [2.75, 3.05) is 39.3 Å². The second-order valence-corrected chi connectivity index (χ2v) is 8.54. The molecule has 132 valence electrons. The number of amides is 2. The Labute approximate surface area is 148 Å². The normalized spacial score (nSPS) is 26.5. The third kappa shape index (κ3) is 3.60. The van der Waals surface area contributed by atoms with Crippen molar-refractivity contribution in [3.05, 3.63) is 22.4 Å². The lowest BCUT2D eigenvalue weighted by molar-refractivity contribution is -0.181. The number of nitrogens with one attached hydrogen (secondary N) is 1. The van der Waals surface area contributed by atoms with Crippen molar-refractivity contribution in [1.82, 2.24) is 15.1 Å². The van der Waals surface area contributed by atoms with Crippen LogP contribution in [0.15, 0.2) is 17.5 Å². The zero-order valence-electron chi connectivity index (χ0n) is 14.2. The van der Waals surface area contributed by atoms with Gasteiger partial charge in [0.25, 0.3) is 0 Å². The Morgan fingerprint density at radius 1 is 1.38 bits per heavy atom. The Morgan fingerprint density at radius 2 is 2.21 bits per heavy atom. The quantitative estimate of drug-likeness (QED) is 0.908. The first kappa shape index (κ1) is 16.4. The van der Waals surface area contributed by atoms with Gasteiger partial charge in [0.2, 0.25) is 0 Å². The maximum Gasteiger partial charge on any atom is 0.317 e. The summed E-state index contributed by atoms with van der Waals surface area (Å²) in [4.78, 5) is 17.9. The van der Waals surface area contributed by atoms with Crippen molar-refractivity contribution in [1.29, 1.82) is 0 Å². The molecule has 3 fully saturated rings. The van der Waals surface area contributed by atoms with E-state index >= 15 is 0 Å². The number of thiophene rings is 1. The highest BCUT2D eigenvalue weighted by Gasteiger charge is 2.46. The monoisotopic (exact) mass is 349 g/mol. The topological polar surface area (TPSA) is 44.8 Å². The van der Waals surface area contributed by atoms with Crippen LogP contribution in [0.25, 0.3) is 0 Å². The SMILES string of the molecule is O=C(NC[C@@H]1CCC2(CN(Cc3cccs3)C2)OC1)N1CCCC1. The molecule has 4 heterocycles. The molecule has 1 spiro atoms. The van der Waals surface area contributed by atoms with Crippen molar-refractivity contribution in [3.63, 3.8) is 0 Å². The van der Waals surface area contributed by atoms with Crippen molar-refractivity contribution < 1.29 is 9.53 Å². The lowest BCUT2D eigenvalue weighted by Gasteiger charge is -2.52. The van der Waals surface area contributed by atoms with Crippen molar-refractivity contribution in [2.45, 2.75) is 37.8 Å². The van der Waals surface area contributed by atoms with E-state index in [0.29, 0.717) is 5.92 Å². The summed E-state index contributed by atoms with van der Waals surface area (Å²) < 4.78 is 6.22. The van der Waals surface area contributed by atoms with Crippen LogP contribution in [0, 0.1) is 5.92 Å². The minimum absolute atomic E-state index is 0.0900. The summed E-state index contributed by atoms with van der Waals surface area (Å²) in [5.41, 5.74) is 0.0900. The summed E-state index contributed by atoms with van der Waals surface area (Å²) in [5, 5.41) is 5.24. The molecule has 1 aromatic rings. The van der Waals surface area contributed by atoms with Crippen LogP contribution in [-0.4, -0.2) is 60.8 Å². The molecule has 0 aromatic carbocycles. The average molecular weight is 350 g/mol. The van der Waals surface area contributed by atoms with Gasteiger partial charge in [-0.1, -0.05) is 6.07 Å². The van der Waals surface area contributed by atoms with E-state index < -0.39 is 0 Å². The highest BCUT2D eigenvalue weighted by Crippen LogP contribution is 2.36. The van der Waals surface area contributed by atoms with Crippen LogP contribution in [0.5, 0.6) is 0 Å². The Hall–Kier alpha value is -1.11. The van der Waals surface area contributed by atoms with E-state index in [0.717, 1.165) is 71.6 Å². The van der Waals surface area contributed by atoms with Gasteiger partial charge in [-0.05, 0) is 43.0 Å². The van der Waals surface area contributed by atoms with Crippen LogP contribution < -0.4 is 5.32 Å². The standard InChI is InChI=1S/C18H27N3O2S/c22-17(21-7-1-2-8-21)19-10-15-5-6-18(23-12-15)13-20(14-18)11-16-4-3-9-24-16/h3-4,9,15H,1-2,5-8,10-14H2,(H,19,22)/t15-/m0/s1. The molecule has 2 amide bonds. The summed E-state index contributed by atoms with van der Waals surface area (Å²) in [5.74, 6) is 0.466. The van der Waals surface area contributed by atoms with E-state index in [1.54, 1.807) is 0 Å². The molecule has 0 bridgehead atoms. The van der Waals surface area contributed by atoms with Gasteiger partial charge in [-0.15, -0.1) is 11.3 Å². The Balaban J connectivity index is 1.16. The zero-order chi connectivity index (χ0) is 16.4. The van der Waals surface area contributed by atoms with E-state index in [4.69, 9.17) is 4.74 Å². The lowest BCUT2D eigenvalue weighted by Crippen LogP contribution is -2.64. The van der Waals surface area contributed by atoms with Gasteiger partial charge in [-0.25, -0.2) is 4.79 Å². The van der Waals surface area contributed by atoms with Gasteiger partial charge >= 0.3 is 6.03 Å². The number of carbonyl (C=O) groups excluding carboxylic acids is 1. The molecule has 1 atom stereocenters. The maximum absolute atomic E-state index is 12.0. The third-order valence-electron chi connectivity index (χ3n) is 5.55. The molecule has 6 heteroatoms. The van der Waals surface area contributed by atoms with Crippen LogP contribution in [-0.2, 0) is 11.3 Å². The number of rotatable bonds is 4. The summed E-state index contributed by atoms with van der Waals surface area (Å²) in [6, 6.07) is 4.43. The largest absolute Gasteiger partial charge is 0.372 e. The number of hydrogen-bond acceptors (Lipinski definition) is 4. The first-order valence-electron chi connectivity index (χ1n) is 9.14. The summed E-state index contributed by atoms with van der Waals surface area (Å²) >= 11 is 1.83. The molecular weight excluding hydrogens is 322 g/mol. The molecule has 3 saturated heterocycles. The predicted octanol–water partition coefficient (Wildman–Crippen LogP) is 2.53. The van der Waals surface area contributed by atoms with Gasteiger partial charge in [0, 0.05) is 44.1 Å². The van der Waals surface area contributed by atoms with Crippen LogP contribution in [0.2, 0.25) is 0 Å². The van der Waals surface area contributed by atoms with Crippen molar-refractivity contribution in [2.24, 2.45) is 5.92 Å². The van der Waals surface area contributed by atoms with E-state index in [1.165, 1.54) is 4.88 Å². The van der Waals surface area contributed by atoms with E-state index in [1.807, 2.05) is 16.2 Å². The number of nitrogens with zero attached hydrogens (tertiary/aromatic N) is 2. The Morgan fingerprint density at radius 3 is 2.88 bits per heavy atom. The smallest absolute Gasteiger partial charge is 0.317 e. The highest BCUT2D eigenvalue weighted by atomic mass is 32.1. The summed E-state index contributed by atoms with van der Waals surface area (Å²) in [7, 11) is 0. The highest BCUT2D eigenvalue weighted by molar-refractivity contribution is 7.09. The van der Waals surface area contributed by atoms with Gasteiger partial charge in [-0.2, -0.15) is 0 Å².